The molecule has 0 spiro atoms. The summed E-state index contributed by atoms with van der Waals surface area (Å²) in [6.07, 6.45) is 7.52. The number of rotatable bonds is 10. The molecule has 1 aromatic carbocycles. The molecule has 2 aromatic rings. The summed E-state index contributed by atoms with van der Waals surface area (Å²) in [5.74, 6) is -2.31. The van der Waals surface area contributed by atoms with E-state index in [1.54, 1.807) is 12.4 Å². The Morgan fingerprint density at radius 3 is 2.05 bits per heavy atom. The quantitative estimate of drug-likeness (QED) is 0.105. The molecule has 1 fully saturated rings. The van der Waals surface area contributed by atoms with Gasteiger partial charge in [-0.3, -0.25) is 4.98 Å². The van der Waals surface area contributed by atoms with Crippen LogP contribution in [-0.4, -0.2) is 39.3 Å². The third-order valence-electron chi connectivity index (χ3n) is 7.00. The number of unbranched alkanes of at least 4 members (excludes halogenated alkanes) is 3. The largest absolute Gasteiger partial charge is 0.507 e. The number of esters is 2. The number of aromatic hydroxyl groups is 1. The van der Waals surface area contributed by atoms with E-state index in [9.17, 15) is 14.7 Å². The number of carbonyl (C=O) groups is 2. The molecule has 0 unspecified atom stereocenters. The van der Waals surface area contributed by atoms with E-state index in [4.69, 9.17) is 9.47 Å². The number of aromatic nitrogens is 1. The van der Waals surface area contributed by atoms with Crippen LogP contribution in [0.5, 0.6) is 5.75 Å². The number of ether oxygens (including phenoxy) is 2. The molecule has 1 aromatic heterocycles. The summed E-state index contributed by atoms with van der Waals surface area (Å²) in [5, 5.41) is 14.7. The van der Waals surface area contributed by atoms with Gasteiger partial charge in [0.1, 0.15) is 11.6 Å². The van der Waals surface area contributed by atoms with Crippen molar-refractivity contribution in [3.8, 4) is 5.75 Å². The van der Waals surface area contributed by atoms with E-state index in [1.807, 2.05) is 70.7 Å². The van der Waals surface area contributed by atoms with E-state index in [2.05, 4.69) is 17.2 Å². The van der Waals surface area contributed by atoms with Crippen LogP contribution < -0.4 is 5.32 Å². The van der Waals surface area contributed by atoms with Gasteiger partial charge in [-0.1, -0.05) is 73.8 Å². The van der Waals surface area contributed by atoms with Crippen LogP contribution in [0.1, 0.15) is 105 Å². The Kier molecular flexibility index (Phi) is 9.77. The predicted octanol–water partition coefficient (Wildman–Crippen LogP) is 6.92. The number of hydrogen-bond donors (Lipinski definition) is 2. The number of anilines is 1. The molecular formula is C33H47N3O5. The fourth-order valence-corrected chi connectivity index (χ4v) is 4.84. The van der Waals surface area contributed by atoms with Crippen LogP contribution in [0.15, 0.2) is 48.1 Å². The molecule has 2 N–H and O–H groups in total. The van der Waals surface area contributed by atoms with Crippen LogP contribution in [0.25, 0.3) is 0 Å². The number of nitrogens with zero attached hydrogens (tertiary/aromatic N) is 2. The second kappa shape index (κ2) is 12.5. The van der Waals surface area contributed by atoms with Gasteiger partial charge in [-0.25, -0.2) is 9.59 Å². The summed E-state index contributed by atoms with van der Waals surface area (Å²) in [6, 6.07) is 7.59. The summed E-state index contributed by atoms with van der Waals surface area (Å²) in [7, 11) is 0. The molecule has 0 saturated carbocycles. The number of pyridine rings is 1. The molecule has 224 valence electrons. The van der Waals surface area contributed by atoms with E-state index in [1.165, 1.54) is 13.8 Å². The first-order valence-electron chi connectivity index (χ1n) is 14.5. The van der Waals surface area contributed by atoms with Crippen LogP contribution in [0.4, 0.5) is 5.69 Å². The average Bonchev–Trinajstić information content (AvgIpc) is 2.84. The number of carbonyl (C=O) groups excluding carboxylic acids is 2. The minimum Gasteiger partial charge on any atom is -0.507 e. The zero-order chi connectivity index (χ0) is 30.6. The third-order valence-corrected chi connectivity index (χ3v) is 7.00. The Morgan fingerprint density at radius 1 is 0.976 bits per heavy atom. The first kappa shape index (κ1) is 32.0. The van der Waals surface area contributed by atoms with Crippen LogP contribution in [0, 0.1) is 0 Å². The maximum absolute atomic E-state index is 13.4. The first-order chi connectivity index (χ1) is 19.0. The Bertz CT molecular complexity index is 1210. The highest BCUT2D eigenvalue weighted by Gasteiger charge is 2.42. The molecular weight excluding hydrogens is 518 g/mol. The molecule has 0 amide bonds. The molecule has 0 radical (unpaired) electrons. The standard InChI is InChI=1S/C33H47N3O5/c1-10-11-12-13-17-36(21-22-15-14-16-34-20-22)28(26-29(38)40-33(8,9)41-30(26)39)35-23-18-24(31(2,3)4)27(37)25(19-23)32(5,6)7/h14-16,18-20,35,37H,10-13,17,21H2,1-9H3. The molecule has 0 bridgehead atoms. The maximum Gasteiger partial charge on any atom is 0.352 e. The number of nitrogens with one attached hydrogen (secondary N) is 1. The van der Waals surface area contributed by atoms with Gasteiger partial charge in [-0.2, -0.15) is 0 Å². The summed E-state index contributed by atoms with van der Waals surface area (Å²) in [5.41, 5.74) is 2.18. The fourth-order valence-electron chi connectivity index (χ4n) is 4.84. The van der Waals surface area contributed by atoms with Gasteiger partial charge in [0.05, 0.1) is 0 Å². The van der Waals surface area contributed by atoms with E-state index in [-0.39, 0.29) is 22.2 Å². The molecule has 2 heterocycles. The zero-order valence-corrected chi connectivity index (χ0v) is 26.2. The molecule has 41 heavy (non-hydrogen) atoms. The maximum atomic E-state index is 13.4. The molecule has 1 aliphatic rings. The Hall–Kier alpha value is -3.55. The lowest BCUT2D eigenvalue weighted by Gasteiger charge is -2.35. The Morgan fingerprint density at radius 2 is 1.56 bits per heavy atom. The van der Waals surface area contributed by atoms with Crippen molar-refractivity contribution in [2.45, 2.75) is 111 Å². The highest BCUT2D eigenvalue weighted by Crippen LogP contribution is 2.41. The summed E-state index contributed by atoms with van der Waals surface area (Å²) < 4.78 is 11.1. The van der Waals surface area contributed by atoms with Gasteiger partial charge in [0.15, 0.2) is 5.57 Å². The van der Waals surface area contributed by atoms with Crippen LogP contribution in [0.3, 0.4) is 0 Å². The first-order valence-corrected chi connectivity index (χ1v) is 14.5. The molecule has 1 aliphatic heterocycles. The van der Waals surface area contributed by atoms with Crippen molar-refractivity contribution >= 4 is 17.6 Å². The van der Waals surface area contributed by atoms with Crippen LogP contribution >= 0.6 is 0 Å². The van der Waals surface area contributed by atoms with Crippen molar-refractivity contribution in [2.75, 3.05) is 11.9 Å². The molecule has 3 rings (SSSR count). The second-order valence-corrected chi connectivity index (χ2v) is 13.3. The van der Waals surface area contributed by atoms with Crippen molar-refractivity contribution in [3.63, 3.8) is 0 Å². The van der Waals surface area contributed by atoms with Crippen LogP contribution in [-0.2, 0) is 36.4 Å². The summed E-state index contributed by atoms with van der Waals surface area (Å²) >= 11 is 0. The lowest BCUT2D eigenvalue weighted by Crippen LogP contribution is -2.44. The topological polar surface area (TPSA) is 101 Å². The number of benzene rings is 1. The Labute approximate surface area is 245 Å². The van der Waals surface area contributed by atoms with Gasteiger partial charge in [-0.15, -0.1) is 0 Å². The van der Waals surface area contributed by atoms with Gasteiger partial charge >= 0.3 is 11.9 Å². The molecule has 8 heteroatoms. The molecule has 0 aliphatic carbocycles. The molecule has 1 saturated heterocycles. The summed E-state index contributed by atoms with van der Waals surface area (Å²) in [6.45, 7) is 18.5. The number of phenols is 1. The van der Waals surface area contributed by atoms with Crippen LogP contribution in [0.2, 0.25) is 0 Å². The minimum absolute atomic E-state index is 0.189. The average molecular weight is 566 g/mol. The lowest BCUT2D eigenvalue weighted by atomic mass is 9.79. The van der Waals surface area contributed by atoms with Crippen molar-refractivity contribution in [2.24, 2.45) is 0 Å². The van der Waals surface area contributed by atoms with E-state index >= 15 is 0 Å². The van der Waals surface area contributed by atoms with Gasteiger partial charge in [-0.05, 0) is 41.0 Å². The zero-order valence-electron chi connectivity index (χ0n) is 26.2. The SMILES string of the molecule is CCCCCCN(Cc1cccnc1)C(Nc1cc(C(C)(C)C)c(O)c(C(C)(C)C)c1)=C1C(=O)OC(C)(C)OC1=O. The van der Waals surface area contributed by atoms with E-state index in [0.29, 0.717) is 24.6 Å². The van der Waals surface area contributed by atoms with Crippen molar-refractivity contribution in [1.29, 1.82) is 0 Å². The van der Waals surface area contributed by atoms with Gasteiger partial charge in [0, 0.05) is 56.1 Å². The van der Waals surface area contributed by atoms with Crippen molar-refractivity contribution < 1.29 is 24.2 Å². The monoisotopic (exact) mass is 565 g/mol. The van der Waals surface area contributed by atoms with E-state index in [0.717, 1.165) is 42.4 Å². The fraction of sp³-hybridized carbons (Fsp3) is 0.545. The number of hydrogen-bond acceptors (Lipinski definition) is 8. The van der Waals surface area contributed by atoms with Crippen molar-refractivity contribution in [1.82, 2.24) is 9.88 Å². The lowest BCUT2D eigenvalue weighted by molar-refractivity contribution is -0.222. The smallest absolute Gasteiger partial charge is 0.352 e. The third kappa shape index (κ3) is 8.24. The van der Waals surface area contributed by atoms with Crippen molar-refractivity contribution in [3.05, 3.63) is 64.7 Å². The Balaban J connectivity index is 2.22. The molecule has 0 atom stereocenters. The van der Waals surface area contributed by atoms with E-state index < -0.39 is 17.7 Å². The second-order valence-electron chi connectivity index (χ2n) is 13.3. The van der Waals surface area contributed by atoms with Gasteiger partial charge in [0.2, 0.25) is 0 Å². The predicted molar refractivity (Wildman–Crippen MR) is 161 cm³/mol. The molecule has 8 nitrogen and oxygen atoms in total. The van der Waals surface area contributed by atoms with Gasteiger partial charge in [0.25, 0.3) is 5.79 Å². The highest BCUT2D eigenvalue weighted by atomic mass is 16.7. The van der Waals surface area contributed by atoms with Gasteiger partial charge < -0.3 is 24.8 Å². The highest BCUT2D eigenvalue weighted by molar-refractivity contribution is 6.16. The normalized spacial score (nSPS) is 15.3. The summed E-state index contributed by atoms with van der Waals surface area (Å²) in [4.78, 5) is 33.0. The minimum atomic E-state index is -1.37. The number of cyclic esters (lactones) is 2. The number of phenolic OH excluding ortho intramolecular Hbond substituents is 1.